The van der Waals surface area contributed by atoms with E-state index in [4.69, 9.17) is 9.84 Å². The van der Waals surface area contributed by atoms with Crippen molar-refractivity contribution in [3.63, 3.8) is 0 Å². The largest absolute Gasteiger partial charge is 0.481 e. The number of benzene rings is 2. The van der Waals surface area contributed by atoms with Gasteiger partial charge < -0.3 is 14.7 Å². The number of anilines is 1. The predicted molar refractivity (Wildman–Crippen MR) is 128 cm³/mol. The highest BCUT2D eigenvalue weighted by atomic mass is 16.5. The summed E-state index contributed by atoms with van der Waals surface area (Å²) < 4.78 is 5.53. The lowest BCUT2D eigenvalue weighted by Gasteiger charge is -2.34. The Kier molecular flexibility index (Phi) is 6.22. The minimum absolute atomic E-state index is 0.0604. The lowest BCUT2D eigenvalue weighted by molar-refractivity contribution is -0.138. The molecular formula is C26H26N4O5. The van der Waals surface area contributed by atoms with Gasteiger partial charge in [-0.05, 0) is 41.5 Å². The monoisotopic (exact) mass is 474 g/mol. The van der Waals surface area contributed by atoms with Crippen LogP contribution in [0.5, 0.6) is 0 Å². The van der Waals surface area contributed by atoms with E-state index in [0.29, 0.717) is 13.0 Å². The summed E-state index contributed by atoms with van der Waals surface area (Å²) >= 11 is 0. The molecule has 1 aromatic heterocycles. The van der Waals surface area contributed by atoms with Crippen LogP contribution in [0.1, 0.15) is 53.2 Å². The number of amides is 2. The van der Waals surface area contributed by atoms with Crippen LogP contribution in [-0.4, -0.2) is 57.4 Å². The standard InChI is InChI=1S/C26H26N4O5/c31-24(32)13-16-7-5-6-12-30(16)25(33)22-14-23(29-28-22)27-26(34)35-15-21-19-10-3-1-8-17(19)18-9-2-4-11-20(18)21/h1-4,8-11,14,16,21H,5-7,12-13,15H2,(H,31,32)(H2,27,28,29,34). The highest BCUT2D eigenvalue weighted by Gasteiger charge is 2.31. The van der Waals surface area contributed by atoms with Gasteiger partial charge in [0.25, 0.3) is 5.91 Å². The van der Waals surface area contributed by atoms with Gasteiger partial charge in [-0.15, -0.1) is 0 Å². The first-order valence-corrected chi connectivity index (χ1v) is 11.7. The maximum absolute atomic E-state index is 12.9. The fraction of sp³-hybridized carbons (Fsp3) is 0.308. The van der Waals surface area contributed by atoms with Crippen molar-refractivity contribution < 1.29 is 24.2 Å². The molecule has 1 saturated heterocycles. The maximum atomic E-state index is 12.9. The number of aliphatic carboxylic acids is 1. The molecule has 1 atom stereocenters. The van der Waals surface area contributed by atoms with Gasteiger partial charge in [-0.2, -0.15) is 5.10 Å². The van der Waals surface area contributed by atoms with Crippen molar-refractivity contribution in [2.75, 3.05) is 18.5 Å². The van der Waals surface area contributed by atoms with Crippen molar-refractivity contribution in [1.29, 1.82) is 0 Å². The van der Waals surface area contributed by atoms with Gasteiger partial charge in [0.1, 0.15) is 12.3 Å². The number of carboxylic acids is 1. The number of ether oxygens (including phenoxy) is 1. The molecule has 35 heavy (non-hydrogen) atoms. The Bertz CT molecular complexity index is 1220. The van der Waals surface area contributed by atoms with Gasteiger partial charge >= 0.3 is 12.1 Å². The van der Waals surface area contributed by atoms with Crippen molar-refractivity contribution in [1.82, 2.24) is 15.1 Å². The molecule has 2 heterocycles. The molecule has 0 radical (unpaired) electrons. The molecule has 1 unspecified atom stereocenters. The first kappa shape index (κ1) is 22.6. The SMILES string of the molecule is O=C(O)CC1CCCCN1C(=O)c1cc(NC(=O)OCC2c3ccccc3-c3ccccc32)n[nH]1. The first-order chi connectivity index (χ1) is 17.0. The molecule has 5 rings (SSSR count). The maximum Gasteiger partial charge on any atom is 0.412 e. The Balaban J connectivity index is 1.22. The number of aromatic amines is 1. The van der Waals surface area contributed by atoms with Gasteiger partial charge in [-0.25, -0.2) is 4.79 Å². The third-order valence-electron chi connectivity index (χ3n) is 6.68. The van der Waals surface area contributed by atoms with Crippen molar-refractivity contribution in [2.45, 2.75) is 37.6 Å². The number of nitrogens with zero attached hydrogens (tertiary/aromatic N) is 2. The highest BCUT2D eigenvalue weighted by Crippen LogP contribution is 2.44. The second-order valence-corrected chi connectivity index (χ2v) is 8.86. The van der Waals surface area contributed by atoms with Gasteiger partial charge in [-0.3, -0.25) is 20.0 Å². The topological polar surface area (TPSA) is 125 Å². The van der Waals surface area contributed by atoms with E-state index in [1.165, 1.54) is 6.07 Å². The Morgan fingerprint density at radius 1 is 1.06 bits per heavy atom. The molecule has 0 spiro atoms. The van der Waals surface area contributed by atoms with Crippen LogP contribution in [0, 0.1) is 0 Å². The van der Waals surface area contributed by atoms with Crippen LogP contribution in [0.15, 0.2) is 54.6 Å². The Labute approximate surface area is 202 Å². The van der Waals surface area contributed by atoms with E-state index < -0.39 is 12.1 Å². The average molecular weight is 475 g/mol. The van der Waals surface area contributed by atoms with Crippen molar-refractivity contribution in [3.05, 3.63) is 71.4 Å². The third kappa shape index (κ3) is 4.62. The first-order valence-electron chi connectivity index (χ1n) is 11.7. The van der Waals surface area contributed by atoms with E-state index in [-0.39, 0.29) is 42.4 Å². The number of hydrogen-bond donors (Lipinski definition) is 3. The van der Waals surface area contributed by atoms with Crippen LogP contribution < -0.4 is 5.32 Å². The molecule has 1 aliphatic carbocycles. The zero-order valence-electron chi connectivity index (χ0n) is 19.1. The summed E-state index contributed by atoms with van der Waals surface area (Å²) in [6, 6.07) is 17.3. The molecular weight excluding hydrogens is 448 g/mol. The number of fused-ring (bicyclic) bond motifs is 3. The number of piperidine rings is 1. The molecule has 180 valence electrons. The number of aromatic nitrogens is 2. The summed E-state index contributed by atoms with van der Waals surface area (Å²) in [5, 5.41) is 18.4. The minimum atomic E-state index is -0.933. The summed E-state index contributed by atoms with van der Waals surface area (Å²) in [4.78, 5) is 38.2. The number of rotatable bonds is 6. The summed E-state index contributed by atoms with van der Waals surface area (Å²) in [6.45, 7) is 0.658. The lowest BCUT2D eigenvalue weighted by Crippen LogP contribution is -2.44. The van der Waals surface area contributed by atoms with E-state index in [0.717, 1.165) is 35.1 Å². The number of likely N-dealkylation sites (tertiary alicyclic amines) is 1. The number of nitrogens with one attached hydrogen (secondary N) is 2. The quantitative estimate of drug-likeness (QED) is 0.491. The van der Waals surface area contributed by atoms with Crippen LogP contribution in [0.4, 0.5) is 10.6 Å². The molecule has 2 aliphatic rings. The van der Waals surface area contributed by atoms with E-state index in [1.54, 1.807) is 4.90 Å². The summed E-state index contributed by atoms with van der Waals surface area (Å²) in [5.41, 5.74) is 4.72. The Hall–Kier alpha value is -4.14. The number of hydrogen-bond acceptors (Lipinski definition) is 5. The van der Waals surface area contributed by atoms with Crippen molar-refractivity contribution >= 4 is 23.8 Å². The predicted octanol–water partition coefficient (Wildman–Crippen LogP) is 4.24. The van der Waals surface area contributed by atoms with Gasteiger partial charge in [-0.1, -0.05) is 48.5 Å². The number of carbonyl (C=O) groups excluding carboxylic acids is 2. The fourth-order valence-electron chi connectivity index (χ4n) is 5.07. The summed E-state index contributed by atoms with van der Waals surface area (Å²) in [6.07, 6.45) is 1.60. The number of carbonyl (C=O) groups is 3. The zero-order chi connectivity index (χ0) is 24.4. The van der Waals surface area contributed by atoms with Gasteiger partial charge in [0.15, 0.2) is 5.82 Å². The van der Waals surface area contributed by atoms with E-state index in [2.05, 4.69) is 27.6 Å². The number of H-pyrrole nitrogens is 1. The summed E-state index contributed by atoms with van der Waals surface area (Å²) in [7, 11) is 0. The van der Waals surface area contributed by atoms with Crippen LogP contribution in [0.25, 0.3) is 11.1 Å². The molecule has 1 aliphatic heterocycles. The molecule has 9 nitrogen and oxygen atoms in total. The molecule has 0 bridgehead atoms. The smallest absolute Gasteiger partial charge is 0.412 e. The van der Waals surface area contributed by atoms with Crippen LogP contribution in [0.3, 0.4) is 0 Å². The molecule has 2 amide bonds. The zero-order valence-corrected chi connectivity index (χ0v) is 19.1. The van der Waals surface area contributed by atoms with E-state index in [1.807, 2.05) is 36.4 Å². The van der Waals surface area contributed by atoms with Crippen molar-refractivity contribution in [3.8, 4) is 11.1 Å². The van der Waals surface area contributed by atoms with Crippen LogP contribution in [-0.2, 0) is 9.53 Å². The summed E-state index contributed by atoms with van der Waals surface area (Å²) in [5.74, 6) is -1.16. The van der Waals surface area contributed by atoms with E-state index >= 15 is 0 Å². The minimum Gasteiger partial charge on any atom is -0.481 e. The molecule has 3 N–H and O–H groups in total. The fourth-order valence-corrected chi connectivity index (χ4v) is 5.07. The van der Waals surface area contributed by atoms with E-state index in [9.17, 15) is 14.4 Å². The molecule has 2 aromatic carbocycles. The molecule has 9 heteroatoms. The normalized spacial score (nSPS) is 16.9. The Morgan fingerprint density at radius 3 is 2.43 bits per heavy atom. The number of carboxylic acid groups (broad SMARTS) is 1. The average Bonchev–Trinajstić information content (AvgIpc) is 3.45. The van der Waals surface area contributed by atoms with Gasteiger partial charge in [0.2, 0.25) is 0 Å². The lowest BCUT2D eigenvalue weighted by atomic mass is 9.98. The highest BCUT2D eigenvalue weighted by molar-refractivity contribution is 5.94. The Morgan fingerprint density at radius 2 is 1.74 bits per heavy atom. The van der Waals surface area contributed by atoms with Gasteiger partial charge in [0, 0.05) is 24.6 Å². The van der Waals surface area contributed by atoms with Crippen molar-refractivity contribution in [2.24, 2.45) is 0 Å². The second-order valence-electron chi connectivity index (χ2n) is 8.86. The van der Waals surface area contributed by atoms with Gasteiger partial charge in [0.05, 0.1) is 6.42 Å². The molecule has 1 fully saturated rings. The third-order valence-corrected chi connectivity index (χ3v) is 6.68. The van der Waals surface area contributed by atoms with Crippen LogP contribution in [0.2, 0.25) is 0 Å². The molecule has 0 saturated carbocycles. The van der Waals surface area contributed by atoms with Crippen LogP contribution >= 0.6 is 0 Å². The second kappa shape index (κ2) is 9.61. The molecule has 3 aromatic rings.